The molecule has 0 spiro atoms. The molecule has 1 atom stereocenters. The van der Waals surface area contributed by atoms with Gasteiger partial charge < -0.3 is 15.6 Å². The number of carboxylic acids is 1. The predicted octanol–water partition coefficient (Wildman–Crippen LogP) is 1.52. The third kappa shape index (κ3) is 4.45. The minimum Gasteiger partial charge on any atom is -0.494 e. The second-order valence-corrected chi connectivity index (χ2v) is 3.97. The lowest BCUT2D eigenvalue weighted by Crippen LogP contribution is -2.17. The lowest BCUT2D eigenvalue weighted by atomic mass is 9.92. The Bertz CT molecular complexity index is 398. The van der Waals surface area contributed by atoms with Gasteiger partial charge in [-0.3, -0.25) is 9.59 Å². The van der Waals surface area contributed by atoms with E-state index in [0.717, 1.165) is 11.3 Å². The maximum absolute atomic E-state index is 10.9. The third-order valence-corrected chi connectivity index (χ3v) is 2.53. The number of rotatable bonds is 7. The molecule has 5 nitrogen and oxygen atoms in total. The molecule has 1 aromatic carbocycles. The van der Waals surface area contributed by atoms with Crippen molar-refractivity contribution in [1.82, 2.24) is 0 Å². The smallest absolute Gasteiger partial charge is 0.303 e. The standard InChI is InChI=1S/C13H17NO4/c1-2-18-11-5-3-9(4-6-11)10(7-12(14)15)8-13(16)17/h3-6,10H,2,7-8H2,1H3,(H2,14,15)(H,16,17)/t10-/m0/s1. The van der Waals surface area contributed by atoms with Crippen molar-refractivity contribution in [3.05, 3.63) is 29.8 Å². The molecule has 0 aromatic heterocycles. The monoisotopic (exact) mass is 251 g/mol. The van der Waals surface area contributed by atoms with Gasteiger partial charge in [-0.05, 0) is 24.6 Å². The maximum Gasteiger partial charge on any atom is 0.303 e. The molecule has 98 valence electrons. The van der Waals surface area contributed by atoms with Crippen molar-refractivity contribution in [2.45, 2.75) is 25.7 Å². The molecule has 0 unspecified atom stereocenters. The topological polar surface area (TPSA) is 89.6 Å². The van der Waals surface area contributed by atoms with Gasteiger partial charge in [0, 0.05) is 12.3 Å². The van der Waals surface area contributed by atoms with Gasteiger partial charge in [0.15, 0.2) is 0 Å². The highest BCUT2D eigenvalue weighted by molar-refractivity contribution is 5.76. The molecule has 0 saturated carbocycles. The van der Waals surface area contributed by atoms with Crippen molar-refractivity contribution < 1.29 is 19.4 Å². The number of hydrogen-bond acceptors (Lipinski definition) is 3. The number of primary amides is 1. The number of carbonyl (C=O) groups excluding carboxylic acids is 1. The molecular formula is C13H17NO4. The van der Waals surface area contributed by atoms with Gasteiger partial charge in [0.2, 0.25) is 5.91 Å². The summed E-state index contributed by atoms with van der Waals surface area (Å²) in [5, 5.41) is 8.82. The zero-order valence-electron chi connectivity index (χ0n) is 10.3. The summed E-state index contributed by atoms with van der Waals surface area (Å²) in [7, 11) is 0. The second-order valence-electron chi connectivity index (χ2n) is 3.97. The van der Waals surface area contributed by atoms with Crippen LogP contribution in [0, 0.1) is 0 Å². The highest BCUT2D eigenvalue weighted by atomic mass is 16.5. The Kier molecular flexibility index (Phi) is 5.17. The Morgan fingerprint density at radius 1 is 1.28 bits per heavy atom. The summed E-state index contributed by atoms with van der Waals surface area (Å²) in [6.45, 7) is 2.45. The zero-order valence-corrected chi connectivity index (χ0v) is 10.3. The Morgan fingerprint density at radius 2 is 1.89 bits per heavy atom. The van der Waals surface area contributed by atoms with Gasteiger partial charge in [-0.2, -0.15) is 0 Å². The first kappa shape index (κ1) is 14.0. The number of aliphatic carboxylic acids is 1. The molecule has 1 amide bonds. The van der Waals surface area contributed by atoms with Gasteiger partial charge in [0.25, 0.3) is 0 Å². The van der Waals surface area contributed by atoms with Crippen LogP contribution in [0.2, 0.25) is 0 Å². The number of amides is 1. The van der Waals surface area contributed by atoms with Gasteiger partial charge in [-0.1, -0.05) is 12.1 Å². The number of benzene rings is 1. The van der Waals surface area contributed by atoms with Crippen LogP contribution < -0.4 is 10.5 Å². The summed E-state index contributed by atoms with van der Waals surface area (Å²) in [5.74, 6) is -1.13. The van der Waals surface area contributed by atoms with Crippen molar-refractivity contribution in [3.8, 4) is 5.75 Å². The summed E-state index contributed by atoms with van der Waals surface area (Å²) in [6.07, 6.45) is -0.0861. The van der Waals surface area contributed by atoms with Crippen molar-refractivity contribution in [3.63, 3.8) is 0 Å². The summed E-state index contributed by atoms with van der Waals surface area (Å²) in [4.78, 5) is 21.7. The first-order valence-corrected chi connectivity index (χ1v) is 5.75. The first-order chi connectivity index (χ1) is 8.52. The molecule has 18 heavy (non-hydrogen) atoms. The Hall–Kier alpha value is -2.04. The minimum atomic E-state index is -0.949. The van der Waals surface area contributed by atoms with E-state index in [9.17, 15) is 9.59 Å². The molecule has 0 aliphatic heterocycles. The van der Waals surface area contributed by atoms with Crippen LogP contribution in [0.25, 0.3) is 0 Å². The number of carbonyl (C=O) groups is 2. The van der Waals surface area contributed by atoms with Crippen LogP contribution in [0.1, 0.15) is 31.2 Å². The van der Waals surface area contributed by atoms with Crippen LogP contribution in [0.15, 0.2) is 24.3 Å². The number of nitrogens with two attached hydrogens (primary N) is 1. The van der Waals surface area contributed by atoms with E-state index in [4.69, 9.17) is 15.6 Å². The van der Waals surface area contributed by atoms with Crippen molar-refractivity contribution >= 4 is 11.9 Å². The minimum absolute atomic E-state index is 0.0281. The van der Waals surface area contributed by atoms with E-state index in [-0.39, 0.29) is 12.8 Å². The number of hydrogen-bond donors (Lipinski definition) is 2. The van der Waals surface area contributed by atoms with E-state index in [1.54, 1.807) is 24.3 Å². The molecular weight excluding hydrogens is 234 g/mol. The molecule has 0 heterocycles. The number of carboxylic acid groups (broad SMARTS) is 1. The van der Waals surface area contributed by atoms with Gasteiger partial charge in [-0.25, -0.2) is 0 Å². The molecule has 1 aromatic rings. The van der Waals surface area contributed by atoms with E-state index in [0.29, 0.717) is 6.61 Å². The highest BCUT2D eigenvalue weighted by Crippen LogP contribution is 2.25. The van der Waals surface area contributed by atoms with Crippen LogP contribution >= 0.6 is 0 Å². The van der Waals surface area contributed by atoms with Crippen molar-refractivity contribution in [1.29, 1.82) is 0 Å². The molecule has 0 aliphatic carbocycles. The van der Waals surface area contributed by atoms with Gasteiger partial charge in [-0.15, -0.1) is 0 Å². The second kappa shape index (κ2) is 6.64. The van der Waals surface area contributed by atoms with E-state index in [2.05, 4.69) is 0 Å². The van der Waals surface area contributed by atoms with Gasteiger partial charge >= 0.3 is 5.97 Å². The Morgan fingerprint density at radius 3 is 2.33 bits per heavy atom. The predicted molar refractivity (Wildman–Crippen MR) is 66.4 cm³/mol. The van der Waals surface area contributed by atoms with Crippen molar-refractivity contribution in [2.75, 3.05) is 6.61 Å². The fourth-order valence-corrected chi connectivity index (χ4v) is 1.76. The molecule has 0 fully saturated rings. The van der Waals surface area contributed by atoms with E-state index in [1.165, 1.54) is 0 Å². The summed E-state index contributed by atoms with van der Waals surface area (Å²) >= 11 is 0. The normalized spacial score (nSPS) is 11.8. The van der Waals surface area contributed by atoms with E-state index < -0.39 is 17.8 Å². The zero-order chi connectivity index (χ0) is 13.5. The average molecular weight is 251 g/mol. The summed E-state index contributed by atoms with van der Waals surface area (Å²) < 4.78 is 5.29. The van der Waals surface area contributed by atoms with Crippen LogP contribution in [0.5, 0.6) is 5.75 Å². The first-order valence-electron chi connectivity index (χ1n) is 5.75. The molecule has 0 radical (unpaired) electrons. The fourth-order valence-electron chi connectivity index (χ4n) is 1.76. The van der Waals surface area contributed by atoms with Crippen LogP contribution in [-0.2, 0) is 9.59 Å². The largest absolute Gasteiger partial charge is 0.494 e. The molecule has 0 saturated heterocycles. The van der Waals surface area contributed by atoms with E-state index in [1.807, 2.05) is 6.92 Å². The Labute approximate surface area is 106 Å². The lowest BCUT2D eigenvalue weighted by molar-refractivity contribution is -0.137. The summed E-state index contributed by atoms with van der Waals surface area (Å²) in [5.41, 5.74) is 5.90. The lowest BCUT2D eigenvalue weighted by Gasteiger charge is -2.14. The quantitative estimate of drug-likeness (QED) is 0.768. The molecule has 3 N–H and O–H groups in total. The fraction of sp³-hybridized carbons (Fsp3) is 0.385. The van der Waals surface area contributed by atoms with Crippen molar-refractivity contribution in [2.24, 2.45) is 5.73 Å². The Balaban J connectivity index is 2.83. The molecule has 0 bridgehead atoms. The van der Waals surface area contributed by atoms with Crippen LogP contribution in [0.4, 0.5) is 0 Å². The molecule has 0 aliphatic rings. The van der Waals surface area contributed by atoms with Crippen LogP contribution in [-0.4, -0.2) is 23.6 Å². The maximum atomic E-state index is 10.9. The van der Waals surface area contributed by atoms with Crippen LogP contribution in [0.3, 0.4) is 0 Å². The summed E-state index contributed by atoms with van der Waals surface area (Å²) in [6, 6.07) is 7.05. The highest BCUT2D eigenvalue weighted by Gasteiger charge is 2.18. The number of ether oxygens (including phenoxy) is 1. The third-order valence-electron chi connectivity index (χ3n) is 2.53. The average Bonchev–Trinajstić information content (AvgIpc) is 2.28. The SMILES string of the molecule is CCOc1ccc([C@@H](CC(N)=O)CC(=O)O)cc1. The molecule has 1 rings (SSSR count). The van der Waals surface area contributed by atoms with Gasteiger partial charge in [0.05, 0.1) is 13.0 Å². The van der Waals surface area contributed by atoms with E-state index >= 15 is 0 Å². The molecule has 5 heteroatoms. The van der Waals surface area contributed by atoms with Gasteiger partial charge in [0.1, 0.15) is 5.75 Å².